The van der Waals surface area contributed by atoms with Crippen LogP contribution in [0.15, 0.2) is 12.4 Å². The van der Waals surface area contributed by atoms with Crippen molar-refractivity contribution in [3.05, 3.63) is 18.0 Å². The zero-order chi connectivity index (χ0) is 17.3. The molecule has 0 radical (unpaired) electrons. The highest BCUT2D eigenvalue weighted by molar-refractivity contribution is 5.85. The number of likely N-dealkylation sites (tertiary alicyclic amines) is 1. The molecule has 0 saturated carbocycles. The van der Waals surface area contributed by atoms with Crippen molar-refractivity contribution in [3.63, 3.8) is 0 Å². The highest BCUT2D eigenvalue weighted by Gasteiger charge is 2.50. The number of hydrogen-bond donors (Lipinski definition) is 1. The van der Waals surface area contributed by atoms with Crippen molar-refractivity contribution in [2.75, 3.05) is 26.2 Å². The van der Waals surface area contributed by atoms with E-state index in [2.05, 4.69) is 10.4 Å². The molecule has 26 heavy (non-hydrogen) atoms. The van der Waals surface area contributed by atoms with Gasteiger partial charge in [-0.15, -0.1) is 24.8 Å². The molecule has 2 atom stereocenters. The predicted octanol–water partition coefficient (Wildman–Crippen LogP) is 2.85. The second-order valence-corrected chi connectivity index (χ2v) is 6.64. The lowest BCUT2D eigenvalue weighted by atomic mass is 9.89. The van der Waals surface area contributed by atoms with E-state index < -0.39 is 18.0 Å². The number of nitrogens with zero attached hydrogens (tertiary/aromatic N) is 3. The number of alkyl halides is 3. The average molecular weight is 417 g/mol. The first kappa shape index (κ1) is 23.0. The van der Waals surface area contributed by atoms with Crippen molar-refractivity contribution in [1.29, 1.82) is 0 Å². The van der Waals surface area contributed by atoms with Crippen LogP contribution in [0.1, 0.15) is 31.2 Å². The number of carbonyl (C=O) groups excluding carboxylic acids is 1. The smallest absolute Gasteiger partial charge is 0.342 e. The Balaban J connectivity index is 0.00000169. The van der Waals surface area contributed by atoms with E-state index in [1.165, 1.54) is 0 Å². The quantitative estimate of drug-likeness (QED) is 0.823. The minimum absolute atomic E-state index is 0. The molecular formula is C16H25Cl2F3N4O. The molecule has 2 aliphatic rings. The molecule has 1 aromatic rings. The van der Waals surface area contributed by atoms with Crippen molar-refractivity contribution < 1.29 is 18.0 Å². The normalized spacial score (nSPS) is 24.1. The molecule has 0 unspecified atom stereocenters. The van der Waals surface area contributed by atoms with E-state index in [9.17, 15) is 18.0 Å². The summed E-state index contributed by atoms with van der Waals surface area (Å²) >= 11 is 0. The van der Waals surface area contributed by atoms with E-state index in [0.29, 0.717) is 19.0 Å². The first-order chi connectivity index (χ1) is 11.4. The Bertz CT molecular complexity index is 588. The van der Waals surface area contributed by atoms with E-state index in [-0.39, 0.29) is 43.8 Å². The van der Waals surface area contributed by atoms with Crippen LogP contribution in [0, 0.1) is 11.8 Å². The van der Waals surface area contributed by atoms with Gasteiger partial charge < -0.3 is 10.2 Å². The fourth-order valence-corrected chi connectivity index (χ4v) is 3.71. The molecule has 3 rings (SSSR count). The van der Waals surface area contributed by atoms with Gasteiger partial charge in [0.25, 0.3) is 0 Å². The number of rotatable bonds is 3. The zero-order valence-electron chi connectivity index (χ0n) is 14.5. The van der Waals surface area contributed by atoms with Crippen molar-refractivity contribution in [3.8, 4) is 0 Å². The summed E-state index contributed by atoms with van der Waals surface area (Å²) < 4.78 is 41.0. The fraction of sp³-hybridized carbons (Fsp3) is 0.750. The molecule has 2 fully saturated rings. The minimum atomic E-state index is -4.32. The van der Waals surface area contributed by atoms with Crippen LogP contribution in [0.5, 0.6) is 0 Å². The Morgan fingerprint density at radius 2 is 1.92 bits per heavy atom. The summed E-state index contributed by atoms with van der Waals surface area (Å²) in [6, 6.07) is 0. The second kappa shape index (κ2) is 9.28. The fourth-order valence-electron chi connectivity index (χ4n) is 3.71. The van der Waals surface area contributed by atoms with Gasteiger partial charge in [0.1, 0.15) is 0 Å². The van der Waals surface area contributed by atoms with Gasteiger partial charge in [-0.25, -0.2) is 0 Å². The summed E-state index contributed by atoms with van der Waals surface area (Å²) in [5.41, 5.74) is 1.15. The topological polar surface area (TPSA) is 50.2 Å². The minimum Gasteiger partial charge on any atom is -0.342 e. The lowest BCUT2D eigenvalue weighted by molar-refractivity contribution is -0.185. The van der Waals surface area contributed by atoms with Gasteiger partial charge in [-0.1, -0.05) is 0 Å². The van der Waals surface area contributed by atoms with E-state index in [1.54, 1.807) is 4.90 Å². The molecule has 150 valence electrons. The Labute approximate surface area is 163 Å². The van der Waals surface area contributed by atoms with Gasteiger partial charge >= 0.3 is 6.18 Å². The van der Waals surface area contributed by atoms with Crippen molar-refractivity contribution >= 4 is 30.7 Å². The Hall–Kier alpha value is -0.990. The molecule has 0 spiro atoms. The van der Waals surface area contributed by atoms with Crippen LogP contribution in [0.25, 0.3) is 0 Å². The molecule has 0 aliphatic carbocycles. The van der Waals surface area contributed by atoms with Gasteiger partial charge in [-0.2, -0.15) is 18.3 Å². The Morgan fingerprint density at radius 1 is 1.27 bits per heavy atom. The molecular weight excluding hydrogens is 392 g/mol. The lowest BCUT2D eigenvalue weighted by Gasteiger charge is -2.34. The molecule has 0 bridgehead atoms. The molecule has 1 N–H and O–H groups in total. The number of hydrogen-bond acceptors (Lipinski definition) is 3. The largest absolute Gasteiger partial charge is 0.393 e. The summed E-state index contributed by atoms with van der Waals surface area (Å²) in [7, 11) is 0. The van der Waals surface area contributed by atoms with E-state index >= 15 is 0 Å². The first-order valence-electron chi connectivity index (χ1n) is 8.48. The van der Waals surface area contributed by atoms with Crippen LogP contribution in [0.3, 0.4) is 0 Å². The van der Waals surface area contributed by atoms with Crippen LogP contribution in [0.2, 0.25) is 0 Å². The maximum absolute atomic E-state index is 13.0. The van der Waals surface area contributed by atoms with Crippen LogP contribution in [-0.4, -0.2) is 52.9 Å². The molecule has 5 nitrogen and oxygen atoms in total. The van der Waals surface area contributed by atoms with Crippen LogP contribution >= 0.6 is 24.8 Å². The maximum Gasteiger partial charge on any atom is 0.393 e. The number of halogens is 5. The van der Waals surface area contributed by atoms with Crippen molar-refractivity contribution in [1.82, 2.24) is 20.0 Å². The molecule has 1 aromatic heterocycles. The lowest BCUT2D eigenvalue weighted by Crippen LogP contribution is -2.45. The summed E-state index contributed by atoms with van der Waals surface area (Å²) in [6.07, 6.45) is 1.10. The van der Waals surface area contributed by atoms with Gasteiger partial charge in [0.15, 0.2) is 0 Å². The maximum atomic E-state index is 13.0. The SMILES string of the molecule is CCn1cc(C2CCN(C(=O)[C@@H]3CNC[C@H]3C(F)(F)F)CC2)cn1.Cl.Cl. The predicted molar refractivity (Wildman–Crippen MR) is 96.9 cm³/mol. The van der Waals surface area contributed by atoms with E-state index in [4.69, 9.17) is 0 Å². The molecule has 10 heteroatoms. The standard InChI is InChI=1S/C16H23F3N4O.2ClH/c1-2-23-10-12(7-21-23)11-3-5-22(6-4-11)15(24)13-8-20-9-14(13)16(17,18)19;;/h7,10-11,13-14,20H,2-6,8-9H2,1H3;2*1H/t13-,14-;;/m1../s1. The Kier molecular flexibility index (Phi) is 8.23. The van der Waals surface area contributed by atoms with Crippen molar-refractivity contribution in [2.45, 2.75) is 38.4 Å². The number of amides is 1. The number of aromatic nitrogens is 2. The van der Waals surface area contributed by atoms with Crippen LogP contribution in [-0.2, 0) is 11.3 Å². The number of aryl methyl sites for hydroxylation is 1. The third-order valence-corrected chi connectivity index (χ3v) is 5.21. The summed E-state index contributed by atoms with van der Waals surface area (Å²) in [5, 5.41) is 6.98. The Morgan fingerprint density at radius 3 is 2.46 bits per heavy atom. The molecule has 2 aliphatic heterocycles. The first-order valence-corrected chi connectivity index (χ1v) is 8.48. The second-order valence-electron chi connectivity index (χ2n) is 6.64. The van der Waals surface area contributed by atoms with Gasteiger partial charge in [0, 0.05) is 38.9 Å². The van der Waals surface area contributed by atoms with E-state index in [0.717, 1.165) is 24.9 Å². The molecule has 1 amide bonds. The van der Waals surface area contributed by atoms with E-state index in [1.807, 2.05) is 24.0 Å². The van der Waals surface area contributed by atoms with Gasteiger partial charge in [-0.05, 0) is 31.2 Å². The summed E-state index contributed by atoms with van der Waals surface area (Å²) in [6.45, 7) is 3.82. The summed E-state index contributed by atoms with van der Waals surface area (Å²) in [5.74, 6) is -2.57. The third kappa shape index (κ3) is 4.84. The molecule has 2 saturated heterocycles. The molecule has 0 aromatic carbocycles. The van der Waals surface area contributed by atoms with Gasteiger partial charge in [0.05, 0.1) is 18.0 Å². The average Bonchev–Trinajstić information content (AvgIpc) is 3.23. The van der Waals surface area contributed by atoms with Gasteiger partial charge in [-0.3, -0.25) is 9.48 Å². The zero-order valence-corrected chi connectivity index (χ0v) is 16.2. The van der Waals surface area contributed by atoms with Crippen molar-refractivity contribution in [2.24, 2.45) is 11.8 Å². The molecule has 3 heterocycles. The van der Waals surface area contributed by atoms with Crippen LogP contribution in [0.4, 0.5) is 13.2 Å². The van der Waals surface area contributed by atoms with Gasteiger partial charge in [0.2, 0.25) is 5.91 Å². The highest BCUT2D eigenvalue weighted by atomic mass is 35.5. The highest BCUT2D eigenvalue weighted by Crippen LogP contribution is 2.36. The number of nitrogens with one attached hydrogen (secondary N) is 1. The summed E-state index contributed by atoms with van der Waals surface area (Å²) in [4.78, 5) is 14.1. The third-order valence-electron chi connectivity index (χ3n) is 5.21. The number of piperidine rings is 1. The monoisotopic (exact) mass is 416 g/mol. The number of carbonyl (C=O) groups is 1. The van der Waals surface area contributed by atoms with Crippen LogP contribution < -0.4 is 5.32 Å².